The second-order valence-electron chi connectivity index (χ2n) is 3.04. The van der Waals surface area contributed by atoms with E-state index in [0.717, 1.165) is 0 Å². The highest BCUT2D eigenvalue weighted by Gasteiger charge is 2.27. The largest absolute Gasteiger partial charge is 0.398 e. The highest BCUT2D eigenvalue weighted by Crippen LogP contribution is 2.28. The second-order valence-corrected chi connectivity index (χ2v) is 4.68. The molecule has 0 nitrogen and oxygen atoms in total. The van der Waals surface area contributed by atoms with E-state index in [1.54, 1.807) is 0 Å². The number of hydrogen-bond acceptors (Lipinski definition) is 1. The molecular weight excluding hydrogens is 247 g/mol. The predicted molar refractivity (Wildman–Crippen MR) is 57.3 cm³/mol. The summed E-state index contributed by atoms with van der Waals surface area (Å²) in [5.74, 6) is -1.37. The number of rotatable bonds is 2. The van der Waals surface area contributed by atoms with Crippen LogP contribution < -0.4 is 5.30 Å². The van der Waals surface area contributed by atoms with Crippen LogP contribution in [0.15, 0.2) is 17.0 Å². The summed E-state index contributed by atoms with van der Waals surface area (Å²) in [6.45, 7) is 1.52. The van der Waals surface area contributed by atoms with Crippen LogP contribution in [-0.2, 0) is 0 Å². The van der Waals surface area contributed by atoms with E-state index in [0.29, 0.717) is 27.5 Å². The number of thioether (sulfide) groups is 1. The smallest absolute Gasteiger partial charge is 0.207 e. The van der Waals surface area contributed by atoms with E-state index in [9.17, 15) is 17.6 Å². The van der Waals surface area contributed by atoms with Crippen molar-refractivity contribution in [1.29, 1.82) is 0 Å². The third-order valence-corrected chi connectivity index (χ3v) is 3.51. The summed E-state index contributed by atoms with van der Waals surface area (Å²) in [5, 5.41) is 0.451. The summed E-state index contributed by atoms with van der Waals surface area (Å²) in [7, 11) is 2.23. The second kappa shape index (κ2) is 4.71. The van der Waals surface area contributed by atoms with Gasteiger partial charge in [0.15, 0.2) is 0 Å². The van der Waals surface area contributed by atoms with Gasteiger partial charge in [-0.1, -0.05) is 0 Å². The highest BCUT2D eigenvalue weighted by atomic mass is 32.2. The SMILES string of the molecule is Cc1cc(SCC(F)(F)F)c(P)cc1F. The normalized spacial score (nSPS) is 11.9. The molecular formula is C9H9F4PS. The maximum absolute atomic E-state index is 13.0. The van der Waals surface area contributed by atoms with Gasteiger partial charge in [0.25, 0.3) is 0 Å². The van der Waals surface area contributed by atoms with E-state index >= 15 is 0 Å². The molecule has 0 bridgehead atoms. The summed E-state index contributed by atoms with van der Waals surface area (Å²) in [5.41, 5.74) is 0.353. The Morgan fingerprint density at radius 2 is 1.93 bits per heavy atom. The molecule has 0 aliphatic carbocycles. The fraction of sp³-hybridized carbons (Fsp3) is 0.333. The number of aryl methyl sites for hydroxylation is 1. The molecule has 1 aromatic carbocycles. The topological polar surface area (TPSA) is 0 Å². The fourth-order valence-corrected chi connectivity index (χ4v) is 2.24. The van der Waals surface area contributed by atoms with Gasteiger partial charge in [-0.3, -0.25) is 0 Å². The fourth-order valence-electron chi connectivity index (χ4n) is 0.955. The molecule has 0 saturated carbocycles. The van der Waals surface area contributed by atoms with Crippen molar-refractivity contribution in [2.75, 3.05) is 5.75 Å². The van der Waals surface area contributed by atoms with Gasteiger partial charge in [-0.2, -0.15) is 13.2 Å². The van der Waals surface area contributed by atoms with E-state index < -0.39 is 17.7 Å². The molecule has 84 valence electrons. The van der Waals surface area contributed by atoms with Crippen molar-refractivity contribution in [3.05, 3.63) is 23.5 Å². The Kier molecular flexibility index (Phi) is 4.01. The average Bonchev–Trinajstić information content (AvgIpc) is 2.07. The molecule has 1 unspecified atom stereocenters. The van der Waals surface area contributed by atoms with Gasteiger partial charge in [-0.15, -0.1) is 21.0 Å². The lowest BCUT2D eigenvalue weighted by molar-refractivity contribution is -0.105. The van der Waals surface area contributed by atoms with Gasteiger partial charge >= 0.3 is 6.18 Å². The van der Waals surface area contributed by atoms with Crippen LogP contribution in [0, 0.1) is 12.7 Å². The Morgan fingerprint density at radius 3 is 2.47 bits per heavy atom. The molecule has 0 heterocycles. The molecule has 0 amide bonds. The maximum atomic E-state index is 13.0. The van der Waals surface area contributed by atoms with Crippen molar-refractivity contribution in [2.24, 2.45) is 0 Å². The molecule has 0 aromatic heterocycles. The van der Waals surface area contributed by atoms with Gasteiger partial charge in [-0.05, 0) is 29.9 Å². The number of alkyl halides is 3. The molecule has 0 saturated heterocycles. The molecule has 6 heteroatoms. The van der Waals surface area contributed by atoms with E-state index in [-0.39, 0.29) is 0 Å². The van der Waals surface area contributed by atoms with Crippen molar-refractivity contribution in [3.8, 4) is 0 Å². The predicted octanol–water partition coefficient (Wildman–Crippen LogP) is 3.29. The van der Waals surface area contributed by atoms with Gasteiger partial charge in [-0.25, -0.2) is 4.39 Å². The molecule has 0 spiro atoms. The van der Waals surface area contributed by atoms with Gasteiger partial charge in [0.1, 0.15) is 5.82 Å². The van der Waals surface area contributed by atoms with Gasteiger partial charge in [0.05, 0.1) is 5.75 Å². The van der Waals surface area contributed by atoms with Crippen LogP contribution >= 0.6 is 21.0 Å². The number of halogens is 4. The first-order valence-electron chi connectivity index (χ1n) is 4.05. The molecule has 15 heavy (non-hydrogen) atoms. The molecule has 1 rings (SSSR count). The highest BCUT2D eigenvalue weighted by molar-refractivity contribution is 7.99. The third-order valence-electron chi connectivity index (χ3n) is 1.68. The average molecular weight is 256 g/mol. The van der Waals surface area contributed by atoms with Crippen LogP contribution in [0.2, 0.25) is 0 Å². The monoisotopic (exact) mass is 256 g/mol. The molecule has 0 N–H and O–H groups in total. The Hall–Kier alpha value is -0.280. The van der Waals surface area contributed by atoms with E-state index in [1.807, 2.05) is 0 Å². The third kappa shape index (κ3) is 3.99. The zero-order valence-electron chi connectivity index (χ0n) is 7.86. The minimum Gasteiger partial charge on any atom is -0.207 e. The van der Waals surface area contributed by atoms with Crippen molar-refractivity contribution >= 4 is 26.3 Å². The van der Waals surface area contributed by atoms with E-state index in [1.165, 1.54) is 19.1 Å². The number of hydrogen-bond donors (Lipinski definition) is 0. The lowest BCUT2D eigenvalue weighted by Crippen LogP contribution is -2.12. The number of benzene rings is 1. The van der Waals surface area contributed by atoms with Crippen LogP contribution in [0.3, 0.4) is 0 Å². The first-order valence-corrected chi connectivity index (χ1v) is 5.61. The van der Waals surface area contributed by atoms with Gasteiger partial charge < -0.3 is 0 Å². The quantitative estimate of drug-likeness (QED) is 0.444. The zero-order chi connectivity index (χ0) is 11.6. The minimum atomic E-state index is -4.20. The van der Waals surface area contributed by atoms with Crippen LogP contribution in [0.4, 0.5) is 17.6 Å². The van der Waals surface area contributed by atoms with Crippen LogP contribution in [0.25, 0.3) is 0 Å². The van der Waals surface area contributed by atoms with Crippen LogP contribution in [0.5, 0.6) is 0 Å². The Balaban J connectivity index is 2.82. The van der Waals surface area contributed by atoms with Crippen LogP contribution in [-0.4, -0.2) is 11.9 Å². The molecule has 1 atom stereocenters. The Bertz CT molecular complexity index is 362. The van der Waals surface area contributed by atoms with E-state index in [2.05, 4.69) is 9.24 Å². The zero-order valence-corrected chi connectivity index (χ0v) is 9.83. The lowest BCUT2D eigenvalue weighted by Gasteiger charge is -2.09. The molecule has 0 aliphatic rings. The summed E-state index contributed by atoms with van der Waals surface area (Å²) >= 11 is 0.664. The summed E-state index contributed by atoms with van der Waals surface area (Å²) in [6.07, 6.45) is -4.20. The Labute approximate surface area is 91.6 Å². The summed E-state index contributed by atoms with van der Waals surface area (Å²) in [4.78, 5) is 0.441. The summed E-state index contributed by atoms with van der Waals surface area (Å²) < 4.78 is 48.8. The first-order chi connectivity index (χ1) is 6.79. The maximum Gasteiger partial charge on any atom is 0.398 e. The van der Waals surface area contributed by atoms with E-state index in [4.69, 9.17) is 0 Å². The van der Waals surface area contributed by atoms with Crippen molar-refractivity contribution < 1.29 is 17.6 Å². The Morgan fingerprint density at radius 1 is 1.33 bits per heavy atom. The van der Waals surface area contributed by atoms with Crippen molar-refractivity contribution in [2.45, 2.75) is 18.0 Å². The van der Waals surface area contributed by atoms with Crippen LogP contribution in [0.1, 0.15) is 5.56 Å². The van der Waals surface area contributed by atoms with Crippen molar-refractivity contribution in [1.82, 2.24) is 0 Å². The lowest BCUT2D eigenvalue weighted by atomic mass is 10.2. The standard InChI is InChI=1S/C9H9F4PS/c1-5-2-8(7(14)3-6(5)10)15-4-9(11,12)13/h2-3H,4,14H2,1H3. The first kappa shape index (κ1) is 12.8. The van der Waals surface area contributed by atoms with Gasteiger partial charge in [0.2, 0.25) is 0 Å². The van der Waals surface area contributed by atoms with Gasteiger partial charge in [0, 0.05) is 4.90 Å². The molecule has 1 aromatic rings. The molecule has 0 radical (unpaired) electrons. The summed E-state index contributed by atoms with van der Waals surface area (Å²) in [6, 6.07) is 2.65. The molecule has 0 fully saturated rings. The minimum absolute atomic E-state index is 0.353. The van der Waals surface area contributed by atoms with Crippen molar-refractivity contribution in [3.63, 3.8) is 0 Å². The molecule has 0 aliphatic heterocycles.